The average Bonchev–Trinajstić information content (AvgIpc) is 0.698. The molecule has 22 heteroatoms. The van der Waals surface area contributed by atoms with E-state index in [-0.39, 0.29) is 22.0 Å². The number of oxime groups is 6. The van der Waals surface area contributed by atoms with E-state index in [0.717, 1.165) is 33.0 Å². The van der Waals surface area contributed by atoms with Crippen LogP contribution in [0.2, 0.25) is 0 Å². The molecule has 13 aromatic carbocycles. The van der Waals surface area contributed by atoms with Gasteiger partial charge < -0.3 is 19.4 Å². The molecule has 20 nitrogen and oxygen atoms in total. The van der Waals surface area contributed by atoms with E-state index in [1.807, 2.05) is 196 Å². The summed E-state index contributed by atoms with van der Waals surface area (Å²) in [6.45, 7) is 7.21. The molecule has 0 amide bonds. The van der Waals surface area contributed by atoms with Gasteiger partial charge in [-0.2, -0.15) is 13.7 Å². The van der Waals surface area contributed by atoms with Gasteiger partial charge in [0.25, 0.3) is 11.1 Å². The van der Waals surface area contributed by atoms with E-state index in [0.29, 0.717) is 61.0 Å². The zero-order chi connectivity index (χ0) is 79.8. The summed E-state index contributed by atoms with van der Waals surface area (Å²) in [6, 6.07) is 112. The van der Waals surface area contributed by atoms with Crippen LogP contribution in [0.4, 0.5) is 0 Å². The molecule has 0 saturated carbocycles. The van der Waals surface area contributed by atoms with Crippen LogP contribution in [0.15, 0.2) is 411 Å². The first kappa shape index (κ1) is 82.3. The van der Waals surface area contributed by atoms with Gasteiger partial charge in [-0.3, -0.25) is 8.57 Å². The second-order valence-electron chi connectivity index (χ2n) is 23.8. The van der Waals surface area contributed by atoms with Gasteiger partial charge >= 0.3 is 34.0 Å². The van der Waals surface area contributed by atoms with E-state index < -0.39 is 45.1 Å². The van der Waals surface area contributed by atoms with Crippen molar-refractivity contribution in [3.05, 3.63) is 431 Å². The van der Waals surface area contributed by atoms with E-state index in [9.17, 15) is 31.8 Å². The lowest BCUT2D eigenvalue weighted by Crippen LogP contribution is -2.20. The molecular formula is C91H73N7O13S2. The van der Waals surface area contributed by atoms with Crippen LogP contribution in [0, 0.1) is 18.3 Å². The summed E-state index contributed by atoms with van der Waals surface area (Å²) >= 11 is -1.64. The van der Waals surface area contributed by atoms with Crippen molar-refractivity contribution in [3.63, 3.8) is 0 Å². The van der Waals surface area contributed by atoms with Gasteiger partial charge in [0.1, 0.15) is 22.4 Å². The Morgan fingerprint density at radius 3 is 0.982 bits per heavy atom. The highest BCUT2D eigenvalue weighted by atomic mass is 32.2. The molecule has 0 heterocycles. The summed E-state index contributed by atoms with van der Waals surface area (Å²) in [7, 11) is -3.87. The summed E-state index contributed by atoms with van der Waals surface area (Å²) < 4.78 is 46.2. The van der Waals surface area contributed by atoms with E-state index in [1.54, 1.807) is 196 Å². The van der Waals surface area contributed by atoms with Crippen LogP contribution in [0.5, 0.6) is 0 Å². The first-order valence-electron chi connectivity index (χ1n) is 34.8. The van der Waals surface area contributed by atoms with Crippen molar-refractivity contribution in [2.24, 2.45) is 30.9 Å². The van der Waals surface area contributed by atoms with Gasteiger partial charge in [-0.1, -0.05) is 340 Å². The predicted molar refractivity (Wildman–Crippen MR) is 439 cm³/mol. The maximum Gasteiger partial charge on any atom is 0.365 e. The van der Waals surface area contributed by atoms with Crippen LogP contribution in [0.1, 0.15) is 101 Å². The quantitative estimate of drug-likeness (QED) is 0.0368. The van der Waals surface area contributed by atoms with E-state index in [1.165, 1.54) is 12.1 Å². The normalized spacial score (nSPS) is 11.7. The molecule has 0 aromatic heterocycles. The van der Waals surface area contributed by atoms with Crippen LogP contribution in [0.3, 0.4) is 0 Å². The molecule has 0 spiro atoms. The standard InChI is InChI=1S/C28H20N2O4.C18H15NO2S.C15H10N2O2.C15H15NO3S.C15H13NO2/c31-27(23-17-9-3-10-18-23)33-29-25(21-13-5-1-6-14-21)26(22-15-7-2-8-16-22)30-34-28(32)24-19-11-4-12-20-24;1-14(15-8-3-2-4-9-15)19-21-22(20)18-13-7-11-16-10-5-6-12-17(16)18;16-11-14(12-7-3-1-4-8-12)17-19-15(18)13-9-5-2-6-10-13;1-12-8-10-15(11-9-12)20(17,18)19-16-13(2)14-6-4-3-5-7-14;1-12(13-8-4-2-5-9-13)16-18-15(17)14-10-6-3-7-11-14/h1-20H;2-13H,1H3;1-10H;3-11H,1-2H3;2-11H,1H3/b29-25-,30-26-;19-14+;17-14+;16-13+;16-12+. The summed E-state index contributed by atoms with van der Waals surface area (Å²) in [4.78, 5) is 69.3. The number of nitriles is 1. The minimum Gasteiger partial charge on any atom is -0.313 e. The molecule has 562 valence electrons. The van der Waals surface area contributed by atoms with E-state index in [2.05, 4.69) is 30.9 Å². The van der Waals surface area contributed by atoms with Gasteiger partial charge in [0.15, 0.2) is 5.71 Å². The molecule has 13 aromatic rings. The number of carbonyl (C=O) groups excluding carboxylic acids is 4. The van der Waals surface area contributed by atoms with Crippen molar-refractivity contribution < 1.29 is 59.7 Å². The fraction of sp³-hybridized carbons (Fsp3) is 0.0440. The van der Waals surface area contributed by atoms with Gasteiger partial charge in [0.2, 0.25) is 0 Å². The summed E-state index contributed by atoms with van der Waals surface area (Å²) in [5.74, 6) is -2.29. The Bertz CT molecular complexity index is 5530. The molecule has 0 aliphatic carbocycles. The lowest BCUT2D eigenvalue weighted by molar-refractivity contribution is 0.0503. The van der Waals surface area contributed by atoms with E-state index >= 15 is 0 Å². The minimum absolute atomic E-state index is 0.0601. The number of aryl methyl sites for hydroxylation is 1. The molecule has 1 atom stereocenters. The van der Waals surface area contributed by atoms with Crippen LogP contribution in [0.25, 0.3) is 10.8 Å². The van der Waals surface area contributed by atoms with Crippen LogP contribution < -0.4 is 0 Å². The third-order valence-electron chi connectivity index (χ3n) is 15.8. The maximum atomic E-state index is 12.5. The third-order valence-corrected chi connectivity index (χ3v) is 17.8. The zero-order valence-electron chi connectivity index (χ0n) is 61.5. The Morgan fingerprint density at radius 2 is 0.611 bits per heavy atom. The Kier molecular flexibility index (Phi) is 31.9. The van der Waals surface area contributed by atoms with Crippen molar-refractivity contribution >= 4 is 90.1 Å². The SMILES string of the molecule is C/C(=N\OC(=O)c1ccccc1)c1ccccc1.C/C(=N\OS(=O)(=O)c1ccc(C)cc1)c1ccccc1.C/C(=N\OS(=O)c1cccc2ccccc12)c1ccccc1.N#C/C(=N\OC(=O)c1ccccc1)c1ccccc1.O=C(O/N=C(\C(=N/OC(=O)c1ccccc1)c1ccccc1)c1ccccc1)c1ccccc1. The van der Waals surface area contributed by atoms with Gasteiger partial charge in [-0.25, -0.2) is 23.4 Å². The third kappa shape index (κ3) is 26.3. The van der Waals surface area contributed by atoms with Gasteiger partial charge in [0.05, 0.1) is 44.3 Å². The number of fused-ring (bicyclic) bond motifs is 1. The van der Waals surface area contributed by atoms with Crippen LogP contribution >= 0.6 is 0 Å². The second kappa shape index (κ2) is 43.9. The van der Waals surface area contributed by atoms with Crippen LogP contribution in [-0.4, -0.2) is 70.8 Å². The van der Waals surface area contributed by atoms with Gasteiger partial charge in [-0.05, 0) is 117 Å². The first-order valence-corrected chi connectivity index (χ1v) is 37.3. The average molecular weight is 1540 g/mol. The number of rotatable bonds is 21. The molecule has 0 N–H and O–H groups in total. The Labute approximate surface area is 656 Å². The number of nitrogens with zero attached hydrogens (tertiary/aromatic N) is 7. The summed E-state index contributed by atoms with van der Waals surface area (Å²) in [5.41, 5.74) is 9.48. The molecule has 0 aliphatic rings. The zero-order valence-corrected chi connectivity index (χ0v) is 63.1. The van der Waals surface area contributed by atoms with Crippen molar-refractivity contribution in [1.29, 1.82) is 5.26 Å². The molecule has 1 unspecified atom stereocenters. The Balaban J connectivity index is 0.000000166. The van der Waals surface area contributed by atoms with Crippen molar-refractivity contribution in [2.75, 3.05) is 0 Å². The summed E-state index contributed by atoms with van der Waals surface area (Å²) in [6.07, 6.45) is 0. The highest BCUT2D eigenvalue weighted by Gasteiger charge is 2.21. The number of hydrogen-bond acceptors (Lipinski definition) is 20. The highest BCUT2D eigenvalue weighted by molar-refractivity contribution is 7.86. The highest BCUT2D eigenvalue weighted by Crippen LogP contribution is 2.23. The maximum absolute atomic E-state index is 12.5. The van der Waals surface area contributed by atoms with E-state index in [4.69, 9.17) is 33.2 Å². The largest absolute Gasteiger partial charge is 0.365 e. The number of benzene rings is 13. The molecule has 0 saturated heterocycles. The number of carbonyl (C=O) groups is 4. The summed E-state index contributed by atoms with van der Waals surface area (Å²) in [5, 5.41) is 34.3. The topological polar surface area (TPSA) is 273 Å². The van der Waals surface area contributed by atoms with Crippen molar-refractivity contribution in [1.82, 2.24) is 0 Å². The minimum atomic E-state index is -3.87. The fourth-order valence-corrected chi connectivity index (χ4v) is 11.4. The Morgan fingerprint density at radius 1 is 0.319 bits per heavy atom. The van der Waals surface area contributed by atoms with Crippen molar-refractivity contribution in [3.8, 4) is 6.07 Å². The second-order valence-corrected chi connectivity index (χ2v) is 26.4. The Hall–Kier alpha value is -14.8. The fourth-order valence-electron chi connectivity index (χ4n) is 9.79. The molecule has 113 heavy (non-hydrogen) atoms. The molecular weight excluding hydrogens is 1460 g/mol. The predicted octanol–water partition coefficient (Wildman–Crippen LogP) is 19.0. The van der Waals surface area contributed by atoms with Gasteiger partial charge in [0, 0.05) is 22.1 Å². The number of hydrogen-bond donors (Lipinski definition) is 0. The molecule has 0 bridgehead atoms. The first-order chi connectivity index (χ1) is 55.0. The van der Waals surface area contributed by atoms with Crippen molar-refractivity contribution in [2.45, 2.75) is 37.5 Å². The molecule has 0 fully saturated rings. The van der Waals surface area contributed by atoms with Crippen LogP contribution in [-0.2, 0) is 49.1 Å². The monoisotopic (exact) mass is 1540 g/mol. The lowest BCUT2D eigenvalue weighted by atomic mass is 10.00. The molecule has 0 radical (unpaired) electrons. The molecule has 0 aliphatic heterocycles. The smallest absolute Gasteiger partial charge is 0.313 e. The van der Waals surface area contributed by atoms with Gasteiger partial charge in [-0.15, -0.1) is 0 Å². The molecule has 13 rings (SSSR count). The lowest BCUT2D eigenvalue weighted by Gasteiger charge is -2.10.